The highest BCUT2D eigenvalue weighted by atomic mass is 16.6. The Morgan fingerprint density at radius 1 is 1.34 bits per heavy atom. The predicted octanol–water partition coefficient (Wildman–Crippen LogP) is 3.85. The molecule has 1 heterocycles. The van der Waals surface area contributed by atoms with Gasteiger partial charge < -0.3 is 24.4 Å². The van der Waals surface area contributed by atoms with Crippen LogP contribution < -0.4 is 4.74 Å². The van der Waals surface area contributed by atoms with Crippen molar-refractivity contribution in [3.8, 4) is 11.5 Å². The molecule has 0 saturated carbocycles. The van der Waals surface area contributed by atoms with Crippen LogP contribution in [-0.4, -0.2) is 47.2 Å². The molecule has 1 fully saturated rings. The summed E-state index contributed by atoms with van der Waals surface area (Å²) in [4.78, 5) is 12.9. The maximum Gasteiger partial charge on any atom is 0.338 e. The first-order valence-electron chi connectivity index (χ1n) is 10.3. The molecule has 0 bridgehead atoms. The zero-order valence-electron chi connectivity index (χ0n) is 17.8. The van der Waals surface area contributed by atoms with Crippen molar-refractivity contribution < 1.29 is 29.2 Å². The number of rotatable bonds is 4. The first kappa shape index (κ1) is 21.7. The van der Waals surface area contributed by atoms with E-state index in [1.54, 1.807) is 0 Å². The molecule has 6 nitrogen and oxygen atoms in total. The number of phenols is 1. The average molecular weight is 405 g/mol. The van der Waals surface area contributed by atoms with Crippen LogP contribution in [0.3, 0.4) is 0 Å². The Morgan fingerprint density at radius 2 is 2.07 bits per heavy atom. The van der Waals surface area contributed by atoms with Crippen LogP contribution >= 0.6 is 0 Å². The molecule has 0 amide bonds. The summed E-state index contributed by atoms with van der Waals surface area (Å²) in [6.07, 6.45) is 3.03. The number of hydrogen-bond donors (Lipinski definition) is 2. The molecule has 160 valence electrons. The van der Waals surface area contributed by atoms with Crippen molar-refractivity contribution in [2.24, 2.45) is 11.8 Å². The number of phenolic OH excluding ortho intramolecular Hbond substituents is 1. The molecule has 0 spiro atoms. The summed E-state index contributed by atoms with van der Waals surface area (Å²) in [5, 5.41) is 20.9. The van der Waals surface area contributed by atoms with Crippen molar-refractivity contribution >= 4 is 5.97 Å². The number of benzene rings is 1. The zero-order valence-corrected chi connectivity index (χ0v) is 17.8. The van der Waals surface area contributed by atoms with E-state index >= 15 is 0 Å². The molecule has 3 rings (SSSR count). The lowest BCUT2D eigenvalue weighted by Gasteiger charge is -2.34. The van der Waals surface area contributed by atoms with Crippen LogP contribution in [0.5, 0.6) is 11.5 Å². The number of epoxide rings is 1. The first-order valence-corrected chi connectivity index (χ1v) is 10.3. The number of aliphatic hydroxyl groups excluding tert-OH is 1. The van der Waals surface area contributed by atoms with E-state index in [0.717, 1.165) is 18.4 Å². The number of allylic oxidation sites excluding steroid dienone is 1. The van der Waals surface area contributed by atoms with Gasteiger partial charge in [-0.15, -0.1) is 0 Å². The van der Waals surface area contributed by atoms with E-state index in [0.29, 0.717) is 12.0 Å². The second kappa shape index (κ2) is 8.36. The van der Waals surface area contributed by atoms with Crippen molar-refractivity contribution in [1.82, 2.24) is 0 Å². The number of carbonyl (C=O) groups excluding carboxylic acids is 1. The third-order valence-corrected chi connectivity index (χ3v) is 6.17. The summed E-state index contributed by atoms with van der Waals surface area (Å²) in [5.74, 6) is -0.495. The number of carbonyl (C=O) groups is 1. The molecule has 1 aliphatic carbocycles. The van der Waals surface area contributed by atoms with Crippen LogP contribution in [0.1, 0.15) is 57.3 Å². The SMILES string of the molecule is COc1cc(C(=O)O[C@H]2C/C(C)=C/CC[C@]3(C)O[C@H]3[C@H](O)[C@@H]2C(C)C)ccc1O. The van der Waals surface area contributed by atoms with Crippen molar-refractivity contribution in [2.45, 2.75) is 70.9 Å². The van der Waals surface area contributed by atoms with E-state index < -0.39 is 18.2 Å². The molecular weight excluding hydrogens is 372 g/mol. The number of esters is 1. The number of aliphatic hydroxyl groups is 1. The van der Waals surface area contributed by atoms with Crippen LogP contribution in [0.4, 0.5) is 0 Å². The quantitative estimate of drug-likeness (QED) is 0.450. The minimum atomic E-state index is -0.710. The van der Waals surface area contributed by atoms with Crippen LogP contribution in [0, 0.1) is 11.8 Å². The van der Waals surface area contributed by atoms with Gasteiger partial charge in [0.25, 0.3) is 0 Å². The fourth-order valence-corrected chi connectivity index (χ4v) is 4.41. The van der Waals surface area contributed by atoms with Crippen molar-refractivity contribution in [3.05, 3.63) is 35.4 Å². The Bertz CT molecular complexity index is 786. The van der Waals surface area contributed by atoms with Crippen LogP contribution in [-0.2, 0) is 9.47 Å². The smallest absolute Gasteiger partial charge is 0.338 e. The van der Waals surface area contributed by atoms with E-state index in [1.807, 2.05) is 27.7 Å². The van der Waals surface area contributed by atoms with Gasteiger partial charge in [0.2, 0.25) is 0 Å². The highest BCUT2D eigenvalue weighted by Crippen LogP contribution is 2.47. The molecule has 2 N–H and O–H groups in total. The van der Waals surface area contributed by atoms with E-state index in [-0.39, 0.29) is 35.0 Å². The van der Waals surface area contributed by atoms with E-state index in [9.17, 15) is 15.0 Å². The normalized spacial score (nSPS) is 34.0. The molecule has 1 aliphatic heterocycles. The average Bonchev–Trinajstić information content (AvgIpc) is 3.32. The van der Waals surface area contributed by atoms with Crippen LogP contribution in [0.2, 0.25) is 0 Å². The third-order valence-electron chi connectivity index (χ3n) is 6.17. The van der Waals surface area contributed by atoms with Crippen molar-refractivity contribution in [2.75, 3.05) is 7.11 Å². The Hall–Kier alpha value is -2.05. The molecule has 1 aromatic rings. The lowest BCUT2D eigenvalue weighted by atomic mass is 9.78. The monoisotopic (exact) mass is 404 g/mol. The minimum absolute atomic E-state index is 0.0397. The molecule has 29 heavy (non-hydrogen) atoms. The largest absolute Gasteiger partial charge is 0.504 e. The highest BCUT2D eigenvalue weighted by molar-refractivity contribution is 5.90. The summed E-state index contributed by atoms with van der Waals surface area (Å²) in [7, 11) is 1.43. The fourth-order valence-electron chi connectivity index (χ4n) is 4.41. The minimum Gasteiger partial charge on any atom is -0.504 e. The van der Waals surface area contributed by atoms with Gasteiger partial charge in [0.15, 0.2) is 11.5 Å². The standard InChI is InChI=1S/C23H32O6/c1-13(2)19-18(28-22(26)15-8-9-16(24)17(12-15)27-5)11-14(3)7-6-10-23(4)21(29-23)20(19)25/h7-9,12-13,18-21,24-25H,6,10-11H2,1-5H3/b14-7+/t18-,19+,20+,21-,23-/m0/s1. The number of aromatic hydroxyl groups is 1. The summed E-state index contributed by atoms with van der Waals surface area (Å²) >= 11 is 0. The molecular formula is C23H32O6. The van der Waals surface area contributed by atoms with Gasteiger partial charge in [0.05, 0.1) is 24.4 Å². The van der Waals surface area contributed by atoms with Crippen LogP contribution in [0.15, 0.2) is 29.8 Å². The zero-order chi connectivity index (χ0) is 21.3. The summed E-state index contributed by atoms with van der Waals surface area (Å²) in [5.41, 5.74) is 1.11. The summed E-state index contributed by atoms with van der Waals surface area (Å²) in [6.45, 7) is 8.13. The Kier molecular flexibility index (Phi) is 6.24. The maximum atomic E-state index is 12.9. The van der Waals surface area contributed by atoms with E-state index in [1.165, 1.54) is 25.3 Å². The topological polar surface area (TPSA) is 88.5 Å². The molecule has 6 heteroatoms. The molecule has 5 atom stereocenters. The van der Waals surface area contributed by atoms with Gasteiger partial charge in [0.1, 0.15) is 12.2 Å². The number of ether oxygens (including phenoxy) is 3. The maximum absolute atomic E-state index is 12.9. The molecule has 0 aromatic heterocycles. The lowest BCUT2D eigenvalue weighted by molar-refractivity contribution is -0.0419. The Labute approximate surface area is 172 Å². The molecule has 2 aliphatic rings. The third kappa shape index (κ3) is 4.59. The summed E-state index contributed by atoms with van der Waals surface area (Å²) < 4.78 is 16.9. The molecule has 0 unspecified atom stereocenters. The first-order chi connectivity index (χ1) is 13.7. The van der Waals surface area contributed by atoms with Gasteiger partial charge in [-0.05, 0) is 50.8 Å². The van der Waals surface area contributed by atoms with Gasteiger partial charge in [-0.2, -0.15) is 0 Å². The van der Waals surface area contributed by atoms with Crippen molar-refractivity contribution in [1.29, 1.82) is 0 Å². The predicted molar refractivity (Wildman–Crippen MR) is 109 cm³/mol. The van der Waals surface area contributed by atoms with E-state index in [4.69, 9.17) is 14.2 Å². The highest BCUT2D eigenvalue weighted by Gasteiger charge is 2.58. The number of methoxy groups -OCH3 is 1. The van der Waals surface area contributed by atoms with Gasteiger partial charge in [-0.3, -0.25) is 0 Å². The second-order valence-corrected chi connectivity index (χ2v) is 8.79. The lowest BCUT2D eigenvalue weighted by Crippen LogP contribution is -2.43. The molecule has 1 aromatic carbocycles. The number of hydrogen-bond acceptors (Lipinski definition) is 6. The van der Waals surface area contributed by atoms with Gasteiger partial charge in [-0.1, -0.05) is 25.5 Å². The molecule has 0 radical (unpaired) electrons. The second-order valence-electron chi connectivity index (χ2n) is 8.79. The van der Waals surface area contributed by atoms with Gasteiger partial charge >= 0.3 is 5.97 Å². The Balaban J connectivity index is 1.88. The Morgan fingerprint density at radius 3 is 2.72 bits per heavy atom. The van der Waals surface area contributed by atoms with Gasteiger partial charge in [-0.25, -0.2) is 4.79 Å². The van der Waals surface area contributed by atoms with Crippen LogP contribution in [0.25, 0.3) is 0 Å². The van der Waals surface area contributed by atoms with Crippen molar-refractivity contribution in [3.63, 3.8) is 0 Å². The van der Waals surface area contributed by atoms with E-state index in [2.05, 4.69) is 6.08 Å². The fraction of sp³-hybridized carbons (Fsp3) is 0.609. The number of fused-ring (bicyclic) bond motifs is 1. The van der Waals surface area contributed by atoms with Gasteiger partial charge in [0, 0.05) is 12.3 Å². The summed E-state index contributed by atoms with van der Waals surface area (Å²) in [6, 6.07) is 4.37. The molecule has 1 saturated heterocycles.